The van der Waals surface area contributed by atoms with Crippen molar-refractivity contribution < 1.29 is 19.3 Å². The number of aliphatic hydroxyl groups excluding tert-OH is 2. The first-order valence-corrected chi connectivity index (χ1v) is 6.35. The zero-order chi connectivity index (χ0) is 14.5. The van der Waals surface area contributed by atoms with Crippen molar-refractivity contribution in [3.8, 4) is 5.75 Å². The number of nitrogens with one attached hydrogen (secondary N) is 1. The van der Waals surface area contributed by atoms with Gasteiger partial charge in [-0.1, -0.05) is 13.0 Å². The van der Waals surface area contributed by atoms with Gasteiger partial charge < -0.3 is 20.3 Å². The van der Waals surface area contributed by atoms with E-state index in [2.05, 4.69) is 5.32 Å². The fourth-order valence-electron chi connectivity index (χ4n) is 2.11. The topological polar surface area (TPSA) is 61.7 Å². The number of halogens is 1. The van der Waals surface area contributed by atoms with E-state index in [-0.39, 0.29) is 19.0 Å². The standard InChI is InChI=1S/C14H22FNO3/c1-4-14(8-17,9-18)16-10(2)13-11(15)6-5-7-12(13)19-3/h5-7,10,16-18H,4,8-9H2,1-3H3. The average molecular weight is 271 g/mol. The molecule has 0 aliphatic heterocycles. The van der Waals surface area contributed by atoms with Gasteiger partial charge in [0.1, 0.15) is 11.6 Å². The summed E-state index contributed by atoms with van der Waals surface area (Å²) in [6.45, 7) is 3.18. The Hall–Kier alpha value is -1.17. The molecule has 0 radical (unpaired) electrons. The van der Waals surface area contributed by atoms with Gasteiger partial charge in [-0.05, 0) is 25.5 Å². The predicted octanol–water partition coefficient (Wildman–Crippen LogP) is 1.62. The van der Waals surface area contributed by atoms with E-state index in [0.717, 1.165) is 0 Å². The lowest BCUT2D eigenvalue weighted by Crippen LogP contribution is -2.52. The fraction of sp³-hybridized carbons (Fsp3) is 0.571. The number of ether oxygens (including phenoxy) is 1. The lowest BCUT2D eigenvalue weighted by Gasteiger charge is -2.33. The van der Waals surface area contributed by atoms with Crippen molar-refractivity contribution in [1.82, 2.24) is 5.32 Å². The predicted molar refractivity (Wildman–Crippen MR) is 71.7 cm³/mol. The normalized spacial score (nSPS) is 13.4. The van der Waals surface area contributed by atoms with E-state index in [1.807, 2.05) is 6.92 Å². The van der Waals surface area contributed by atoms with E-state index in [1.165, 1.54) is 13.2 Å². The average Bonchev–Trinajstić information content (AvgIpc) is 2.44. The van der Waals surface area contributed by atoms with Gasteiger partial charge in [-0.25, -0.2) is 4.39 Å². The molecule has 4 nitrogen and oxygen atoms in total. The Bertz CT molecular complexity index is 399. The van der Waals surface area contributed by atoms with Crippen molar-refractivity contribution in [2.45, 2.75) is 31.8 Å². The monoisotopic (exact) mass is 271 g/mol. The number of benzene rings is 1. The summed E-state index contributed by atoms with van der Waals surface area (Å²) in [6.07, 6.45) is 0.529. The van der Waals surface area contributed by atoms with Gasteiger partial charge in [0.25, 0.3) is 0 Å². The molecule has 0 heterocycles. The minimum absolute atomic E-state index is 0.221. The van der Waals surface area contributed by atoms with E-state index < -0.39 is 11.6 Å². The number of hydrogen-bond acceptors (Lipinski definition) is 4. The highest BCUT2D eigenvalue weighted by molar-refractivity contribution is 5.37. The molecule has 0 aromatic heterocycles. The molecule has 0 spiro atoms. The summed E-state index contributed by atoms with van der Waals surface area (Å²) in [7, 11) is 1.48. The Morgan fingerprint density at radius 2 is 2.00 bits per heavy atom. The Morgan fingerprint density at radius 3 is 2.47 bits per heavy atom. The van der Waals surface area contributed by atoms with Gasteiger partial charge in [0, 0.05) is 11.6 Å². The van der Waals surface area contributed by atoms with E-state index >= 15 is 0 Å². The maximum Gasteiger partial charge on any atom is 0.131 e. The molecule has 0 bridgehead atoms. The second kappa shape index (κ2) is 6.84. The maximum absolute atomic E-state index is 13.9. The van der Waals surface area contributed by atoms with E-state index in [4.69, 9.17) is 4.74 Å². The highest BCUT2D eigenvalue weighted by Gasteiger charge is 2.30. The first kappa shape index (κ1) is 15.9. The number of methoxy groups -OCH3 is 1. The molecule has 0 aliphatic carbocycles. The van der Waals surface area contributed by atoms with E-state index in [9.17, 15) is 14.6 Å². The third kappa shape index (κ3) is 3.43. The third-order valence-corrected chi connectivity index (χ3v) is 3.47. The molecule has 0 saturated heterocycles. The van der Waals surface area contributed by atoms with Crippen molar-refractivity contribution >= 4 is 0 Å². The van der Waals surface area contributed by atoms with Gasteiger partial charge in [-0.3, -0.25) is 0 Å². The smallest absolute Gasteiger partial charge is 0.131 e. The maximum atomic E-state index is 13.9. The Kier molecular flexibility index (Phi) is 5.72. The number of aliphatic hydroxyl groups is 2. The van der Waals surface area contributed by atoms with Crippen LogP contribution in [0.3, 0.4) is 0 Å². The molecule has 1 unspecified atom stereocenters. The van der Waals surface area contributed by atoms with Crippen molar-refractivity contribution in [1.29, 1.82) is 0 Å². The molecule has 3 N–H and O–H groups in total. The summed E-state index contributed by atoms with van der Waals surface area (Å²) in [5.74, 6) is 0.0705. The van der Waals surface area contributed by atoms with Crippen LogP contribution in [0.4, 0.5) is 4.39 Å². The molecule has 0 amide bonds. The van der Waals surface area contributed by atoms with Crippen LogP contribution < -0.4 is 10.1 Å². The van der Waals surface area contributed by atoms with Gasteiger partial charge >= 0.3 is 0 Å². The first-order chi connectivity index (χ1) is 9.03. The Labute approximate surface area is 113 Å². The molecule has 1 aromatic rings. The second-order valence-corrected chi connectivity index (χ2v) is 4.67. The minimum atomic E-state index is -0.827. The van der Waals surface area contributed by atoms with Crippen LogP contribution in [0.15, 0.2) is 18.2 Å². The highest BCUT2D eigenvalue weighted by atomic mass is 19.1. The van der Waals surface area contributed by atoms with Crippen LogP contribution in [-0.4, -0.2) is 36.1 Å². The second-order valence-electron chi connectivity index (χ2n) is 4.67. The molecule has 5 heteroatoms. The quantitative estimate of drug-likeness (QED) is 0.705. The lowest BCUT2D eigenvalue weighted by atomic mass is 9.95. The lowest BCUT2D eigenvalue weighted by molar-refractivity contribution is 0.0786. The molecule has 0 fully saturated rings. The summed E-state index contributed by atoms with van der Waals surface area (Å²) in [5.41, 5.74) is -0.433. The molecular formula is C14H22FNO3. The third-order valence-electron chi connectivity index (χ3n) is 3.47. The molecule has 0 aliphatic rings. The van der Waals surface area contributed by atoms with Crippen LogP contribution in [0.1, 0.15) is 31.9 Å². The molecule has 1 atom stereocenters. The van der Waals surface area contributed by atoms with Crippen molar-refractivity contribution in [3.63, 3.8) is 0 Å². The van der Waals surface area contributed by atoms with Crippen molar-refractivity contribution in [3.05, 3.63) is 29.6 Å². The zero-order valence-corrected chi connectivity index (χ0v) is 11.6. The van der Waals surface area contributed by atoms with Crippen LogP contribution in [0.2, 0.25) is 0 Å². The summed E-state index contributed by atoms with van der Waals surface area (Å²) in [4.78, 5) is 0. The van der Waals surface area contributed by atoms with Gasteiger partial charge in [0.05, 0.1) is 25.9 Å². The van der Waals surface area contributed by atoms with Crippen LogP contribution >= 0.6 is 0 Å². The van der Waals surface area contributed by atoms with Gasteiger partial charge in [0.2, 0.25) is 0 Å². The van der Waals surface area contributed by atoms with Crippen LogP contribution in [0, 0.1) is 5.82 Å². The largest absolute Gasteiger partial charge is 0.496 e. The highest BCUT2D eigenvalue weighted by Crippen LogP contribution is 2.29. The van der Waals surface area contributed by atoms with Gasteiger partial charge in [0.15, 0.2) is 0 Å². The Balaban J connectivity index is 3.03. The first-order valence-electron chi connectivity index (χ1n) is 6.35. The molecule has 19 heavy (non-hydrogen) atoms. The van der Waals surface area contributed by atoms with Gasteiger partial charge in [-0.15, -0.1) is 0 Å². The van der Waals surface area contributed by atoms with E-state index in [0.29, 0.717) is 17.7 Å². The Morgan fingerprint density at radius 1 is 1.37 bits per heavy atom. The SMILES string of the molecule is CCC(CO)(CO)NC(C)c1c(F)cccc1OC. The molecule has 1 rings (SSSR count). The van der Waals surface area contributed by atoms with Gasteiger partial charge in [-0.2, -0.15) is 0 Å². The summed E-state index contributed by atoms with van der Waals surface area (Å²) < 4.78 is 19.1. The summed E-state index contributed by atoms with van der Waals surface area (Å²) in [5, 5.41) is 21.9. The minimum Gasteiger partial charge on any atom is -0.496 e. The van der Waals surface area contributed by atoms with E-state index in [1.54, 1.807) is 19.1 Å². The number of rotatable bonds is 7. The fourth-order valence-corrected chi connectivity index (χ4v) is 2.11. The summed E-state index contributed by atoms with van der Waals surface area (Å²) >= 11 is 0. The molecular weight excluding hydrogens is 249 g/mol. The molecule has 108 valence electrons. The van der Waals surface area contributed by atoms with Crippen LogP contribution in [0.5, 0.6) is 5.75 Å². The molecule has 0 saturated carbocycles. The summed E-state index contributed by atoms with van der Waals surface area (Å²) in [6, 6.07) is 4.23. The zero-order valence-electron chi connectivity index (χ0n) is 11.6. The van der Waals surface area contributed by atoms with Crippen molar-refractivity contribution in [2.24, 2.45) is 0 Å². The van der Waals surface area contributed by atoms with Crippen LogP contribution in [0.25, 0.3) is 0 Å². The van der Waals surface area contributed by atoms with Crippen LogP contribution in [-0.2, 0) is 0 Å². The molecule has 1 aromatic carbocycles. The number of hydrogen-bond donors (Lipinski definition) is 3. The van der Waals surface area contributed by atoms with Crippen molar-refractivity contribution in [2.75, 3.05) is 20.3 Å².